The Balaban J connectivity index is 2.23. The van der Waals surface area contributed by atoms with E-state index < -0.39 is 0 Å². The van der Waals surface area contributed by atoms with E-state index in [0.717, 1.165) is 11.4 Å². The van der Waals surface area contributed by atoms with Crippen molar-refractivity contribution >= 4 is 17.3 Å². The number of amides is 1. The van der Waals surface area contributed by atoms with Gasteiger partial charge in [0.25, 0.3) is 5.91 Å². The topological polar surface area (TPSA) is 88.2 Å². The summed E-state index contributed by atoms with van der Waals surface area (Å²) in [4.78, 5) is 16.3. The molecule has 19 heavy (non-hydrogen) atoms. The normalized spacial score (nSPS) is 10.2. The highest BCUT2D eigenvalue weighted by Crippen LogP contribution is 2.21. The van der Waals surface area contributed by atoms with Gasteiger partial charge in [-0.3, -0.25) is 9.78 Å². The predicted molar refractivity (Wildman–Crippen MR) is 74.2 cm³/mol. The smallest absolute Gasteiger partial charge is 0.255 e. The average molecular weight is 257 g/mol. The lowest BCUT2D eigenvalue weighted by atomic mass is 10.1. The number of carbonyl (C=O) groups is 1. The van der Waals surface area contributed by atoms with Crippen LogP contribution in [-0.4, -0.2) is 16.0 Å². The van der Waals surface area contributed by atoms with Crippen molar-refractivity contribution < 1.29 is 9.90 Å². The molecule has 0 saturated carbocycles. The molecule has 0 radical (unpaired) electrons. The summed E-state index contributed by atoms with van der Waals surface area (Å²) in [6.07, 6.45) is 0. The first-order chi connectivity index (χ1) is 8.97. The molecule has 0 aliphatic carbocycles. The van der Waals surface area contributed by atoms with E-state index in [-0.39, 0.29) is 17.3 Å². The third-order valence-electron chi connectivity index (χ3n) is 2.77. The molecule has 98 valence electrons. The van der Waals surface area contributed by atoms with Crippen LogP contribution in [0.15, 0.2) is 30.3 Å². The minimum atomic E-state index is -0.316. The van der Waals surface area contributed by atoms with Crippen LogP contribution in [0.1, 0.15) is 21.7 Å². The summed E-state index contributed by atoms with van der Waals surface area (Å²) < 4.78 is 0. The highest BCUT2D eigenvalue weighted by Gasteiger charge is 2.10. The minimum Gasteiger partial charge on any atom is -0.506 e. The molecule has 1 aromatic carbocycles. The number of phenols is 1. The molecule has 0 fully saturated rings. The molecule has 0 spiro atoms. The minimum absolute atomic E-state index is 0.105. The lowest BCUT2D eigenvalue weighted by Crippen LogP contribution is -2.13. The highest BCUT2D eigenvalue weighted by molar-refractivity contribution is 6.05. The summed E-state index contributed by atoms with van der Waals surface area (Å²) >= 11 is 0. The Morgan fingerprint density at radius 1 is 1.26 bits per heavy atom. The lowest BCUT2D eigenvalue weighted by molar-refractivity contribution is 0.102. The van der Waals surface area contributed by atoms with E-state index in [9.17, 15) is 9.90 Å². The fraction of sp³-hybridized carbons (Fsp3) is 0.143. The monoisotopic (exact) mass is 257 g/mol. The zero-order valence-corrected chi connectivity index (χ0v) is 10.8. The Bertz CT molecular complexity index is 639. The first kappa shape index (κ1) is 12.9. The fourth-order valence-corrected chi connectivity index (χ4v) is 1.70. The van der Waals surface area contributed by atoms with Gasteiger partial charge in [-0.05, 0) is 44.2 Å². The van der Waals surface area contributed by atoms with Crippen molar-refractivity contribution in [2.75, 3.05) is 11.1 Å². The molecule has 1 heterocycles. The average Bonchev–Trinajstić information content (AvgIpc) is 2.36. The van der Waals surface area contributed by atoms with Gasteiger partial charge < -0.3 is 16.2 Å². The van der Waals surface area contributed by atoms with Crippen molar-refractivity contribution in [3.8, 4) is 5.75 Å². The number of aryl methyl sites for hydroxylation is 2. The molecule has 2 aromatic rings. The summed E-state index contributed by atoms with van der Waals surface area (Å²) in [6.45, 7) is 3.71. The Hall–Kier alpha value is -2.56. The Kier molecular flexibility index (Phi) is 3.37. The third-order valence-corrected chi connectivity index (χ3v) is 2.77. The molecule has 0 aliphatic rings. The number of pyridine rings is 1. The summed E-state index contributed by atoms with van der Waals surface area (Å²) in [6, 6.07) is 8.00. The number of aromatic hydroxyl groups is 1. The van der Waals surface area contributed by atoms with Crippen molar-refractivity contribution in [1.82, 2.24) is 4.98 Å². The first-order valence-corrected chi connectivity index (χ1v) is 5.81. The van der Waals surface area contributed by atoms with Crippen LogP contribution in [0.25, 0.3) is 0 Å². The van der Waals surface area contributed by atoms with Crippen molar-refractivity contribution in [3.05, 3.63) is 47.3 Å². The zero-order chi connectivity index (χ0) is 14.0. The SMILES string of the molecule is Cc1ccc(NC(=O)c2ccc(N)c(O)c2)c(C)n1. The van der Waals surface area contributed by atoms with Crippen LogP contribution in [0.4, 0.5) is 11.4 Å². The van der Waals surface area contributed by atoms with Crippen molar-refractivity contribution in [2.45, 2.75) is 13.8 Å². The molecular weight excluding hydrogens is 242 g/mol. The molecule has 0 saturated heterocycles. The van der Waals surface area contributed by atoms with Gasteiger partial charge in [0.15, 0.2) is 0 Å². The van der Waals surface area contributed by atoms with Crippen LogP contribution >= 0.6 is 0 Å². The summed E-state index contributed by atoms with van der Waals surface area (Å²) in [5.74, 6) is -0.421. The van der Waals surface area contributed by atoms with E-state index in [0.29, 0.717) is 11.3 Å². The van der Waals surface area contributed by atoms with E-state index in [1.807, 2.05) is 19.9 Å². The number of nitrogens with two attached hydrogens (primary N) is 1. The molecule has 0 bridgehead atoms. The maximum absolute atomic E-state index is 12.0. The molecule has 5 nitrogen and oxygen atoms in total. The molecular formula is C14H15N3O2. The second-order valence-corrected chi connectivity index (χ2v) is 4.31. The fourth-order valence-electron chi connectivity index (χ4n) is 1.70. The second-order valence-electron chi connectivity index (χ2n) is 4.31. The Morgan fingerprint density at radius 3 is 2.63 bits per heavy atom. The molecule has 1 amide bonds. The van der Waals surface area contributed by atoms with Gasteiger partial charge >= 0.3 is 0 Å². The number of nitrogen functional groups attached to an aromatic ring is 1. The van der Waals surface area contributed by atoms with E-state index in [1.165, 1.54) is 12.1 Å². The lowest BCUT2D eigenvalue weighted by Gasteiger charge is -2.09. The largest absolute Gasteiger partial charge is 0.506 e. The number of carbonyl (C=O) groups excluding carboxylic acids is 1. The number of anilines is 2. The molecule has 0 unspecified atom stereocenters. The number of nitrogens with zero attached hydrogens (tertiary/aromatic N) is 1. The van der Waals surface area contributed by atoms with Crippen molar-refractivity contribution in [2.24, 2.45) is 0 Å². The standard InChI is InChI=1S/C14H15N3O2/c1-8-3-6-12(9(2)16-8)17-14(19)10-4-5-11(15)13(18)7-10/h3-7,18H,15H2,1-2H3,(H,17,19). The van der Waals surface area contributed by atoms with Crippen LogP contribution < -0.4 is 11.1 Å². The third kappa shape index (κ3) is 2.82. The number of hydrogen-bond acceptors (Lipinski definition) is 4. The maximum atomic E-state index is 12.0. The highest BCUT2D eigenvalue weighted by atomic mass is 16.3. The van der Waals surface area contributed by atoms with Gasteiger partial charge in [0.2, 0.25) is 0 Å². The molecule has 5 heteroatoms. The number of aromatic nitrogens is 1. The van der Waals surface area contributed by atoms with Gasteiger partial charge in [-0.15, -0.1) is 0 Å². The van der Waals surface area contributed by atoms with Crippen LogP contribution in [0.2, 0.25) is 0 Å². The molecule has 2 rings (SSSR count). The molecule has 1 aromatic heterocycles. The van der Waals surface area contributed by atoms with Crippen molar-refractivity contribution in [3.63, 3.8) is 0 Å². The molecule has 4 N–H and O–H groups in total. The van der Waals surface area contributed by atoms with Gasteiger partial charge in [-0.2, -0.15) is 0 Å². The number of rotatable bonds is 2. The van der Waals surface area contributed by atoms with Crippen LogP contribution in [-0.2, 0) is 0 Å². The number of phenolic OH excluding ortho intramolecular Hbond substituents is 1. The Labute approximate surface area is 111 Å². The maximum Gasteiger partial charge on any atom is 0.255 e. The summed E-state index contributed by atoms with van der Waals surface area (Å²) in [7, 11) is 0. The van der Waals surface area contributed by atoms with Gasteiger partial charge in [0.05, 0.1) is 17.1 Å². The van der Waals surface area contributed by atoms with Gasteiger partial charge in [-0.25, -0.2) is 0 Å². The number of hydrogen-bond donors (Lipinski definition) is 3. The first-order valence-electron chi connectivity index (χ1n) is 5.81. The van der Waals surface area contributed by atoms with Gasteiger partial charge in [0.1, 0.15) is 5.75 Å². The number of nitrogens with one attached hydrogen (secondary N) is 1. The molecule has 0 aliphatic heterocycles. The second kappa shape index (κ2) is 4.97. The summed E-state index contributed by atoms with van der Waals surface area (Å²) in [5.41, 5.74) is 8.35. The predicted octanol–water partition coefficient (Wildman–Crippen LogP) is 2.24. The van der Waals surface area contributed by atoms with E-state index in [4.69, 9.17) is 5.73 Å². The van der Waals surface area contributed by atoms with Gasteiger partial charge in [-0.1, -0.05) is 0 Å². The Morgan fingerprint density at radius 2 is 2.00 bits per heavy atom. The number of benzene rings is 1. The van der Waals surface area contributed by atoms with Crippen LogP contribution in [0.3, 0.4) is 0 Å². The van der Waals surface area contributed by atoms with Gasteiger partial charge in [0, 0.05) is 11.3 Å². The van der Waals surface area contributed by atoms with E-state index >= 15 is 0 Å². The van der Waals surface area contributed by atoms with Crippen LogP contribution in [0.5, 0.6) is 5.75 Å². The van der Waals surface area contributed by atoms with Crippen molar-refractivity contribution in [1.29, 1.82) is 0 Å². The quantitative estimate of drug-likeness (QED) is 0.568. The molecule has 0 atom stereocenters. The van der Waals surface area contributed by atoms with E-state index in [2.05, 4.69) is 10.3 Å². The summed E-state index contributed by atoms with van der Waals surface area (Å²) in [5, 5.41) is 12.2. The zero-order valence-electron chi connectivity index (χ0n) is 10.8. The van der Waals surface area contributed by atoms with Crippen LogP contribution in [0, 0.1) is 13.8 Å². The van der Waals surface area contributed by atoms with E-state index in [1.54, 1.807) is 12.1 Å².